The van der Waals surface area contributed by atoms with Gasteiger partial charge in [0, 0.05) is 6.54 Å². The lowest BCUT2D eigenvalue weighted by atomic mass is 9.81. The fraction of sp³-hybridized carbons (Fsp3) is 1.00. The molecule has 0 bridgehead atoms. The minimum Gasteiger partial charge on any atom is -0.316 e. The summed E-state index contributed by atoms with van der Waals surface area (Å²) in [5, 5.41) is 6.97. The Morgan fingerprint density at radius 1 is 1.27 bits per heavy atom. The van der Waals surface area contributed by atoms with Crippen molar-refractivity contribution in [3.05, 3.63) is 0 Å². The second-order valence-electron chi connectivity index (χ2n) is 6.17. The summed E-state index contributed by atoms with van der Waals surface area (Å²) >= 11 is 0. The molecule has 1 fully saturated rings. The van der Waals surface area contributed by atoms with Crippen molar-refractivity contribution in [2.45, 2.75) is 34.6 Å². The van der Waals surface area contributed by atoms with E-state index in [4.69, 9.17) is 0 Å². The highest BCUT2D eigenvalue weighted by atomic mass is 15.0. The molecule has 1 rings (SSSR count). The second kappa shape index (κ2) is 5.31. The van der Waals surface area contributed by atoms with E-state index in [9.17, 15) is 0 Å². The van der Waals surface area contributed by atoms with E-state index in [1.807, 2.05) is 0 Å². The molecule has 0 aromatic rings. The molecule has 2 N–H and O–H groups in total. The average molecular weight is 212 g/mol. The van der Waals surface area contributed by atoms with E-state index in [1.165, 1.54) is 19.6 Å². The van der Waals surface area contributed by atoms with Crippen molar-refractivity contribution in [3.63, 3.8) is 0 Å². The van der Waals surface area contributed by atoms with Gasteiger partial charge >= 0.3 is 0 Å². The van der Waals surface area contributed by atoms with Crippen LogP contribution in [-0.2, 0) is 0 Å². The van der Waals surface area contributed by atoms with Crippen LogP contribution in [0.5, 0.6) is 0 Å². The van der Waals surface area contributed by atoms with Crippen LogP contribution in [0.15, 0.2) is 0 Å². The summed E-state index contributed by atoms with van der Waals surface area (Å²) in [6.07, 6.45) is 0. The van der Waals surface area contributed by atoms with Crippen molar-refractivity contribution in [1.82, 2.24) is 10.6 Å². The number of hydrogen-bond acceptors (Lipinski definition) is 2. The Hall–Kier alpha value is -0.0800. The zero-order valence-corrected chi connectivity index (χ0v) is 11.1. The van der Waals surface area contributed by atoms with E-state index < -0.39 is 0 Å². The molecule has 1 aliphatic rings. The van der Waals surface area contributed by atoms with Crippen LogP contribution in [0, 0.1) is 23.2 Å². The molecule has 0 amide bonds. The number of hydrogen-bond donors (Lipinski definition) is 2. The molecule has 1 aliphatic heterocycles. The van der Waals surface area contributed by atoms with Crippen molar-refractivity contribution in [3.8, 4) is 0 Å². The Labute approximate surface area is 95.2 Å². The van der Waals surface area contributed by atoms with Gasteiger partial charge in [0.2, 0.25) is 0 Å². The lowest BCUT2D eigenvalue weighted by molar-refractivity contribution is 0.208. The molecular weight excluding hydrogens is 184 g/mol. The van der Waals surface area contributed by atoms with Crippen LogP contribution in [0.25, 0.3) is 0 Å². The maximum atomic E-state index is 3.63. The molecule has 0 radical (unpaired) electrons. The molecule has 1 heterocycles. The van der Waals surface area contributed by atoms with E-state index in [0.717, 1.165) is 24.3 Å². The fourth-order valence-electron chi connectivity index (χ4n) is 1.71. The first-order chi connectivity index (χ1) is 6.93. The third-order valence-electron chi connectivity index (χ3n) is 4.23. The van der Waals surface area contributed by atoms with Gasteiger partial charge in [-0.25, -0.2) is 0 Å². The summed E-state index contributed by atoms with van der Waals surface area (Å²) < 4.78 is 0. The highest BCUT2D eigenvalue weighted by molar-refractivity contribution is 4.81. The Bertz CT molecular complexity index is 183. The second-order valence-corrected chi connectivity index (χ2v) is 6.17. The predicted molar refractivity (Wildman–Crippen MR) is 67.0 cm³/mol. The normalized spacial score (nSPS) is 20.4. The topological polar surface area (TPSA) is 24.1 Å². The van der Waals surface area contributed by atoms with Crippen LogP contribution in [0.2, 0.25) is 0 Å². The van der Waals surface area contributed by atoms with Gasteiger partial charge in [-0.05, 0) is 42.8 Å². The third-order valence-corrected chi connectivity index (χ3v) is 4.23. The minimum absolute atomic E-state index is 0.414. The van der Waals surface area contributed by atoms with E-state index in [2.05, 4.69) is 45.3 Å². The highest BCUT2D eigenvalue weighted by Gasteiger charge is 2.25. The summed E-state index contributed by atoms with van der Waals surface area (Å²) in [4.78, 5) is 0. The lowest BCUT2D eigenvalue weighted by Crippen LogP contribution is -2.48. The zero-order chi connectivity index (χ0) is 11.5. The van der Waals surface area contributed by atoms with Gasteiger partial charge in [-0.2, -0.15) is 0 Å². The monoisotopic (exact) mass is 212 g/mol. The molecule has 0 aliphatic carbocycles. The van der Waals surface area contributed by atoms with Gasteiger partial charge in [0.15, 0.2) is 0 Å². The Morgan fingerprint density at radius 3 is 2.27 bits per heavy atom. The summed E-state index contributed by atoms with van der Waals surface area (Å²) in [5.41, 5.74) is 0.414. The molecule has 1 saturated heterocycles. The van der Waals surface area contributed by atoms with Crippen molar-refractivity contribution >= 4 is 0 Å². The van der Waals surface area contributed by atoms with Crippen molar-refractivity contribution in [2.24, 2.45) is 23.2 Å². The van der Waals surface area contributed by atoms with Gasteiger partial charge in [0.05, 0.1) is 0 Å². The summed E-state index contributed by atoms with van der Waals surface area (Å²) in [7, 11) is 0. The van der Waals surface area contributed by atoms with Gasteiger partial charge in [0.25, 0.3) is 0 Å². The fourth-order valence-corrected chi connectivity index (χ4v) is 1.71. The zero-order valence-electron chi connectivity index (χ0n) is 11.1. The summed E-state index contributed by atoms with van der Waals surface area (Å²) in [6, 6.07) is 0. The number of rotatable bonds is 6. The minimum atomic E-state index is 0.414. The molecule has 0 aromatic carbocycles. The molecule has 0 spiro atoms. The lowest BCUT2D eigenvalue weighted by Gasteiger charge is -2.34. The van der Waals surface area contributed by atoms with E-state index >= 15 is 0 Å². The number of nitrogens with one attached hydrogen (secondary N) is 2. The first kappa shape index (κ1) is 13.0. The van der Waals surface area contributed by atoms with Crippen LogP contribution >= 0.6 is 0 Å². The first-order valence-corrected chi connectivity index (χ1v) is 6.35. The molecule has 15 heavy (non-hydrogen) atoms. The molecule has 1 atom stereocenters. The van der Waals surface area contributed by atoms with E-state index in [-0.39, 0.29) is 0 Å². The maximum Gasteiger partial charge on any atom is 0.000508 e. The van der Waals surface area contributed by atoms with Crippen LogP contribution in [0.4, 0.5) is 0 Å². The molecule has 90 valence electrons. The summed E-state index contributed by atoms with van der Waals surface area (Å²) in [6.45, 7) is 16.4. The average Bonchev–Trinajstić information content (AvgIpc) is 1.99. The maximum absolute atomic E-state index is 3.63. The Balaban J connectivity index is 2.14. The highest BCUT2D eigenvalue weighted by Crippen LogP contribution is 2.25. The predicted octanol–water partition coefficient (Wildman–Crippen LogP) is 2.11. The largest absolute Gasteiger partial charge is 0.316 e. The van der Waals surface area contributed by atoms with Crippen molar-refractivity contribution in [1.29, 1.82) is 0 Å². The molecule has 0 saturated carbocycles. The van der Waals surface area contributed by atoms with E-state index in [0.29, 0.717) is 5.41 Å². The van der Waals surface area contributed by atoms with Gasteiger partial charge in [-0.1, -0.05) is 34.6 Å². The molecule has 1 unspecified atom stereocenters. The van der Waals surface area contributed by atoms with Gasteiger partial charge in [0.1, 0.15) is 0 Å². The Morgan fingerprint density at radius 2 is 1.87 bits per heavy atom. The van der Waals surface area contributed by atoms with Gasteiger partial charge in [-0.3, -0.25) is 0 Å². The van der Waals surface area contributed by atoms with Crippen LogP contribution in [0.1, 0.15) is 34.6 Å². The third kappa shape index (κ3) is 3.76. The molecule has 2 nitrogen and oxygen atoms in total. The van der Waals surface area contributed by atoms with Gasteiger partial charge in [-0.15, -0.1) is 0 Å². The molecule has 0 aromatic heterocycles. The quantitative estimate of drug-likeness (QED) is 0.705. The first-order valence-electron chi connectivity index (χ1n) is 6.35. The summed E-state index contributed by atoms with van der Waals surface area (Å²) in [5.74, 6) is 2.46. The standard InChI is InChI=1S/C13H28N2/c1-10(2)13(4,5)9-15-6-11(3)12-7-14-8-12/h10-12,14-15H,6-9H2,1-5H3. The van der Waals surface area contributed by atoms with E-state index in [1.54, 1.807) is 0 Å². The van der Waals surface area contributed by atoms with Gasteiger partial charge < -0.3 is 10.6 Å². The van der Waals surface area contributed by atoms with Crippen LogP contribution in [0.3, 0.4) is 0 Å². The SMILES string of the molecule is CC(CNCC(C)(C)C(C)C)C1CNC1. The Kier molecular flexibility index (Phi) is 4.60. The molecule has 2 heteroatoms. The molecular formula is C13H28N2. The van der Waals surface area contributed by atoms with Crippen LogP contribution < -0.4 is 10.6 Å². The van der Waals surface area contributed by atoms with Crippen LogP contribution in [-0.4, -0.2) is 26.2 Å². The van der Waals surface area contributed by atoms with Crippen molar-refractivity contribution in [2.75, 3.05) is 26.2 Å². The van der Waals surface area contributed by atoms with Crippen molar-refractivity contribution < 1.29 is 0 Å². The smallest absolute Gasteiger partial charge is 0.000508 e.